The number of amides is 2. The Morgan fingerprint density at radius 1 is 1.13 bits per heavy atom. The normalized spacial score (nSPS) is 19.4. The summed E-state index contributed by atoms with van der Waals surface area (Å²) in [6.07, 6.45) is 3.76. The first-order chi connectivity index (χ1) is 14.9. The van der Waals surface area contributed by atoms with Crippen LogP contribution in [-0.4, -0.2) is 37.1 Å². The van der Waals surface area contributed by atoms with E-state index in [4.69, 9.17) is 0 Å². The molecule has 2 aliphatic heterocycles. The van der Waals surface area contributed by atoms with E-state index in [1.165, 1.54) is 15.9 Å². The number of benzene rings is 2. The van der Waals surface area contributed by atoms with Crippen molar-refractivity contribution in [1.29, 1.82) is 0 Å². The van der Waals surface area contributed by atoms with Crippen molar-refractivity contribution in [2.24, 2.45) is 0 Å². The second-order valence-electron chi connectivity index (χ2n) is 8.03. The van der Waals surface area contributed by atoms with Gasteiger partial charge in [-0.1, -0.05) is 19.1 Å². The number of carbonyl (C=O) groups excluding carboxylic acids is 2. The van der Waals surface area contributed by atoms with E-state index in [1.807, 2.05) is 24.3 Å². The van der Waals surface area contributed by atoms with Crippen LogP contribution in [-0.2, 0) is 32.5 Å². The van der Waals surface area contributed by atoms with Crippen LogP contribution in [0.2, 0.25) is 0 Å². The smallest absolute Gasteiger partial charge is 0.243 e. The molecular formula is C23H27N3O4S. The molecule has 7 nitrogen and oxygen atoms in total. The lowest BCUT2D eigenvalue weighted by molar-refractivity contribution is -0.119. The van der Waals surface area contributed by atoms with Crippen LogP contribution in [0.4, 0.5) is 11.4 Å². The van der Waals surface area contributed by atoms with Gasteiger partial charge in [-0.3, -0.25) is 9.59 Å². The summed E-state index contributed by atoms with van der Waals surface area (Å²) in [7, 11) is -3.83. The van der Waals surface area contributed by atoms with Crippen LogP contribution in [0.5, 0.6) is 0 Å². The highest BCUT2D eigenvalue weighted by molar-refractivity contribution is 7.89. The van der Waals surface area contributed by atoms with Gasteiger partial charge >= 0.3 is 0 Å². The molecule has 1 saturated heterocycles. The first-order valence-corrected chi connectivity index (χ1v) is 12.2. The maximum absolute atomic E-state index is 13.4. The monoisotopic (exact) mass is 441 g/mol. The van der Waals surface area contributed by atoms with E-state index in [9.17, 15) is 18.0 Å². The molecule has 2 amide bonds. The molecule has 2 aromatic rings. The molecule has 0 bridgehead atoms. The van der Waals surface area contributed by atoms with E-state index in [0.717, 1.165) is 12.0 Å². The Bertz CT molecular complexity index is 1100. The lowest BCUT2D eigenvalue weighted by Crippen LogP contribution is -2.43. The Kier molecular flexibility index (Phi) is 6.11. The number of anilines is 2. The van der Waals surface area contributed by atoms with Gasteiger partial charge in [-0.25, -0.2) is 8.42 Å². The molecule has 0 aromatic heterocycles. The Morgan fingerprint density at radius 3 is 2.65 bits per heavy atom. The number of sulfonamides is 1. The van der Waals surface area contributed by atoms with Crippen molar-refractivity contribution in [1.82, 2.24) is 4.31 Å². The van der Waals surface area contributed by atoms with Crippen molar-refractivity contribution >= 4 is 33.2 Å². The highest BCUT2D eigenvalue weighted by Crippen LogP contribution is 2.30. The van der Waals surface area contributed by atoms with Crippen LogP contribution in [0.3, 0.4) is 0 Å². The maximum atomic E-state index is 13.4. The molecule has 0 spiro atoms. The summed E-state index contributed by atoms with van der Waals surface area (Å²) >= 11 is 0. The molecule has 4 rings (SSSR count). The van der Waals surface area contributed by atoms with Crippen LogP contribution in [0.25, 0.3) is 0 Å². The van der Waals surface area contributed by atoms with Gasteiger partial charge in [-0.05, 0) is 73.6 Å². The van der Waals surface area contributed by atoms with Gasteiger partial charge in [0, 0.05) is 24.3 Å². The molecule has 1 fully saturated rings. The van der Waals surface area contributed by atoms with Crippen LogP contribution >= 0.6 is 0 Å². The summed E-state index contributed by atoms with van der Waals surface area (Å²) in [5, 5.41) is 5.68. The van der Waals surface area contributed by atoms with Crippen molar-refractivity contribution in [2.45, 2.75) is 56.4 Å². The van der Waals surface area contributed by atoms with E-state index in [1.54, 1.807) is 12.1 Å². The number of nitrogens with zero attached hydrogens (tertiary/aromatic N) is 1. The minimum absolute atomic E-state index is 0.0578. The van der Waals surface area contributed by atoms with Crippen molar-refractivity contribution < 1.29 is 18.0 Å². The van der Waals surface area contributed by atoms with Crippen LogP contribution in [0.15, 0.2) is 47.4 Å². The second kappa shape index (κ2) is 8.80. The van der Waals surface area contributed by atoms with Gasteiger partial charge in [0.05, 0.1) is 4.90 Å². The molecule has 2 N–H and O–H groups in total. The maximum Gasteiger partial charge on any atom is 0.243 e. The molecule has 164 valence electrons. The average molecular weight is 442 g/mol. The van der Waals surface area contributed by atoms with Gasteiger partial charge in [0.25, 0.3) is 0 Å². The summed E-state index contributed by atoms with van der Waals surface area (Å²) in [5.41, 5.74) is 3.30. The third-order valence-electron chi connectivity index (χ3n) is 5.94. The lowest BCUT2D eigenvalue weighted by atomic mass is 10.1. The fraction of sp³-hybridized carbons (Fsp3) is 0.391. The highest BCUT2D eigenvalue weighted by Gasteiger charge is 2.39. The predicted molar refractivity (Wildman–Crippen MR) is 119 cm³/mol. The summed E-state index contributed by atoms with van der Waals surface area (Å²) < 4.78 is 28.1. The lowest BCUT2D eigenvalue weighted by Gasteiger charge is -2.24. The fourth-order valence-electron chi connectivity index (χ4n) is 4.19. The largest absolute Gasteiger partial charge is 0.326 e. The standard InChI is InChI=1S/C23H27N3O4S/c1-2-16-8-10-18(11-9-16)24-23(28)21-6-4-14-26(21)31(29,30)19-12-13-20-17(15-19)5-3-7-22(27)25-20/h8-13,15,21H,2-7,14H2,1H3,(H,24,28)(H,25,27)/t21-/m0/s1. The van der Waals surface area contributed by atoms with E-state index in [2.05, 4.69) is 17.6 Å². The molecule has 0 unspecified atom stereocenters. The van der Waals surface area contributed by atoms with Gasteiger partial charge in [0.15, 0.2) is 0 Å². The summed E-state index contributed by atoms with van der Waals surface area (Å²) in [5.74, 6) is -0.370. The number of hydrogen-bond acceptors (Lipinski definition) is 4. The minimum atomic E-state index is -3.83. The zero-order chi connectivity index (χ0) is 22.0. The number of hydrogen-bond donors (Lipinski definition) is 2. The molecule has 2 aromatic carbocycles. The first kappa shape index (κ1) is 21.5. The Morgan fingerprint density at radius 2 is 1.90 bits per heavy atom. The Balaban J connectivity index is 1.55. The van der Waals surface area contributed by atoms with Crippen molar-refractivity contribution in [3.8, 4) is 0 Å². The summed E-state index contributed by atoms with van der Waals surface area (Å²) in [6.45, 7) is 2.37. The average Bonchev–Trinajstić information content (AvgIpc) is 3.19. The van der Waals surface area contributed by atoms with Crippen LogP contribution in [0.1, 0.15) is 43.7 Å². The van der Waals surface area contributed by atoms with Crippen LogP contribution < -0.4 is 10.6 Å². The molecule has 1 atom stereocenters. The minimum Gasteiger partial charge on any atom is -0.326 e. The number of carbonyl (C=O) groups is 2. The number of aryl methyl sites for hydroxylation is 2. The SMILES string of the molecule is CCc1ccc(NC(=O)[C@@H]2CCCN2S(=O)(=O)c2ccc3c(c2)CCCC(=O)N3)cc1. The Hall–Kier alpha value is -2.71. The third-order valence-corrected chi connectivity index (χ3v) is 7.85. The van der Waals surface area contributed by atoms with Crippen molar-refractivity contribution in [3.05, 3.63) is 53.6 Å². The van der Waals surface area contributed by atoms with E-state index < -0.39 is 16.1 Å². The molecule has 0 saturated carbocycles. The van der Waals surface area contributed by atoms with E-state index >= 15 is 0 Å². The van der Waals surface area contributed by atoms with Crippen molar-refractivity contribution in [2.75, 3.05) is 17.2 Å². The molecular weight excluding hydrogens is 414 g/mol. The molecule has 2 heterocycles. The van der Waals surface area contributed by atoms with Gasteiger partial charge in [0.1, 0.15) is 6.04 Å². The summed E-state index contributed by atoms with van der Waals surface area (Å²) in [6, 6.07) is 11.6. The van der Waals surface area contributed by atoms with E-state index in [-0.39, 0.29) is 16.7 Å². The number of fused-ring (bicyclic) bond motifs is 1. The second-order valence-corrected chi connectivity index (χ2v) is 9.92. The molecule has 0 radical (unpaired) electrons. The predicted octanol–water partition coefficient (Wildman–Crippen LogP) is 3.32. The molecule has 8 heteroatoms. The third kappa shape index (κ3) is 4.50. The topological polar surface area (TPSA) is 95.6 Å². The van der Waals surface area contributed by atoms with E-state index in [0.29, 0.717) is 50.0 Å². The Labute approximate surface area is 182 Å². The quantitative estimate of drug-likeness (QED) is 0.744. The molecule has 0 aliphatic carbocycles. The zero-order valence-electron chi connectivity index (χ0n) is 17.6. The molecule has 2 aliphatic rings. The number of nitrogens with one attached hydrogen (secondary N) is 2. The summed E-state index contributed by atoms with van der Waals surface area (Å²) in [4.78, 5) is 24.8. The van der Waals surface area contributed by atoms with Crippen LogP contribution in [0, 0.1) is 0 Å². The first-order valence-electron chi connectivity index (χ1n) is 10.7. The van der Waals surface area contributed by atoms with Gasteiger partial charge in [-0.2, -0.15) is 4.31 Å². The zero-order valence-corrected chi connectivity index (χ0v) is 18.4. The van der Waals surface area contributed by atoms with Gasteiger partial charge in [-0.15, -0.1) is 0 Å². The molecule has 31 heavy (non-hydrogen) atoms. The van der Waals surface area contributed by atoms with Gasteiger partial charge in [0.2, 0.25) is 21.8 Å². The highest BCUT2D eigenvalue weighted by atomic mass is 32.2. The van der Waals surface area contributed by atoms with Crippen molar-refractivity contribution in [3.63, 3.8) is 0 Å². The van der Waals surface area contributed by atoms with Gasteiger partial charge < -0.3 is 10.6 Å². The fourth-order valence-corrected chi connectivity index (χ4v) is 5.89. The number of rotatable bonds is 5.